The van der Waals surface area contributed by atoms with Crippen molar-refractivity contribution in [2.45, 2.75) is 71.4 Å². The van der Waals surface area contributed by atoms with E-state index < -0.39 is 33.4 Å². The van der Waals surface area contributed by atoms with E-state index in [9.17, 15) is 49.5 Å². The second-order valence-electron chi connectivity index (χ2n) is 26.0. The van der Waals surface area contributed by atoms with E-state index in [-0.39, 0.29) is 40.4 Å². The molecule has 0 aliphatic carbocycles. The van der Waals surface area contributed by atoms with Gasteiger partial charge < -0.3 is 54.9 Å². The largest absolute Gasteiger partial charge is 0.416 e. The van der Waals surface area contributed by atoms with Crippen molar-refractivity contribution < 1.29 is 54.7 Å². The molecular weight excluding hydrogens is 1400 g/mol. The van der Waals surface area contributed by atoms with Crippen LogP contribution in [0.15, 0.2) is 140 Å². The molecule has 7 N–H and O–H groups in total. The fourth-order valence-corrected chi connectivity index (χ4v) is 14.8. The summed E-state index contributed by atoms with van der Waals surface area (Å²) in [5.41, 5.74) is 14.0. The Morgan fingerprint density at radius 1 is 0.548 bits per heavy atom. The van der Waals surface area contributed by atoms with Crippen molar-refractivity contribution in [3.8, 4) is 6.07 Å². The average Bonchev–Trinajstić information content (AvgIpc) is 1.64. The molecule has 0 atom stereocenters. The van der Waals surface area contributed by atoms with E-state index >= 15 is 0 Å². The van der Waals surface area contributed by atoms with Crippen LogP contribution in [0.2, 0.25) is 10.0 Å². The lowest BCUT2D eigenvalue weighted by Gasteiger charge is -2.32. The van der Waals surface area contributed by atoms with Gasteiger partial charge in [0.15, 0.2) is 0 Å². The van der Waals surface area contributed by atoms with Gasteiger partial charge in [-0.15, -0.1) is 0 Å². The van der Waals surface area contributed by atoms with Crippen molar-refractivity contribution >= 4 is 134 Å². The number of para-hydroxylation sites is 1. The third-order valence-electron chi connectivity index (χ3n) is 19.5. The van der Waals surface area contributed by atoms with E-state index in [2.05, 4.69) is 66.8 Å². The quantitative estimate of drug-likeness (QED) is 0.0719. The zero-order valence-corrected chi connectivity index (χ0v) is 60.0. The van der Waals surface area contributed by atoms with Crippen LogP contribution >= 0.6 is 23.2 Å². The molecule has 27 heteroatoms. The number of nitrogens with zero attached hydrogens (tertiary/aromatic N) is 6. The van der Waals surface area contributed by atoms with Crippen LogP contribution in [0.4, 0.5) is 26.7 Å². The summed E-state index contributed by atoms with van der Waals surface area (Å²) in [5.74, 6) is -0.166. The summed E-state index contributed by atoms with van der Waals surface area (Å²) in [4.78, 5) is 68.8. The number of nitriles is 1. The highest BCUT2D eigenvalue weighted by atomic mass is 35.5. The summed E-state index contributed by atoms with van der Waals surface area (Å²) in [6.45, 7) is 11.1. The summed E-state index contributed by atoms with van der Waals surface area (Å²) >= 11 is 11.6. The predicted octanol–water partition coefficient (Wildman–Crippen LogP) is 15.2. The van der Waals surface area contributed by atoms with Crippen LogP contribution < -0.4 is 5.32 Å². The number of alkyl halides is 3. The number of aliphatic hydroxyl groups excluding tert-OH is 1. The highest BCUT2D eigenvalue weighted by molar-refractivity contribution is 7.88. The first-order valence-corrected chi connectivity index (χ1v) is 36.7. The van der Waals surface area contributed by atoms with Gasteiger partial charge in [0.05, 0.1) is 40.1 Å². The van der Waals surface area contributed by atoms with Crippen LogP contribution in [0.1, 0.15) is 104 Å². The molecule has 10 heterocycles. The number of sulfonamides is 1. The van der Waals surface area contributed by atoms with Crippen LogP contribution in [0.25, 0.3) is 76.8 Å². The molecule has 5 aliphatic rings. The number of benzene rings is 5. The normalized spacial score (nSPS) is 16.0. The second-order valence-corrected chi connectivity index (χ2v) is 28.8. The molecule has 544 valence electrons. The highest BCUT2D eigenvalue weighted by Gasteiger charge is 2.32. The standard InChI is InChI=1S/C16H15F3N2O.C16H21N3O2.C16H15N3O.C15H14ClFN2O.C14H14ClFN2O2S/c1-10(22)21-6-4-11(5-7-21)14-9-20-15-3-2-12(8-13(14)15)16(17,18)19;20-10-7-17-16(21)19-8-5-12(6-9-19)14-11-18-15-4-2-1-3-13(14)15;1-11(20)19-6-4-13(5-7-19)15-10-18-16-3-2-12(9-17)8-14(15)16;1-9(20)19-4-2-10(3-5-19)12-8-18-15-7-13(16)14(17)6-11(12)15;1-21(19,20)18-4-2-9(3-5-18)11-8-17-14-7-12(15)13(16)6-10(11)14/h2-4,8-9,20H,5-7H2,1H3;1-4,11-12,18,20H,5-10H2,(H,17,21);2-4,8,10,18H,5-7H2,1H3;2,6-8,18H,3-5H2,1H3;2,6-8,17H,3-5H2,1H3. The Kier molecular flexibility index (Phi) is 23.7. The van der Waals surface area contributed by atoms with Crippen molar-refractivity contribution in [2.24, 2.45) is 0 Å². The first-order valence-electron chi connectivity index (χ1n) is 34.1. The number of fused-ring (bicyclic) bond motifs is 5. The molecule has 0 bridgehead atoms. The van der Waals surface area contributed by atoms with Gasteiger partial charge >= 0.3 is 12.2 Å². The number of nitrogens with one attached hydrogen (secondary N) is 6. The molecule has 1 fully saturated rings. The average molecular weight is 1480 g/mol. The molecule has 104 heavy (non-hydrogen) atoms. The molecule has 5 aromatic carbocycles. The smallest absolute Gasteiger partial charge is 0.395 e. The zero-order chi connectivity index (χ0) is 74.1. The third-order valence-corrected chi connectivity index (χ3v) is 21.3. The Bertz CT molecular complexity index is 5170. The van der Waals surface area contributed by atoms with E-state index in [4.69, 9.17) is 33.6 Å². The Morgan fingerprint density at radius 2 is 0.971 bits per heavy atom. The van der Waals surface area contributed by atoms with Crippen molar-refractivity contribution in [3.63, 3.8) is 0 Å². The summed E-state index contributed by atoms with van der Waals surface area (Å²) < 4.78 is 90.3. The minimum absolute atomic E-state index is 0.00795. The molecule has 15 rings (SSSR count). The molecule has 0 unspecified atom stereocenters. The fraction of sp³-hybridized carbons (Fsp3) is 0.312. The van der Waals surface area contributed by atoms with Gasteiger partial charge in [0, 0.05) is 201 Å². The van der Waals surface area contributed by atoms with Gasteiger partial charge in [0.25, 0.3) is 0 Å². The fourth-order valence-electron chi connectivity index (χ4n) is 13.7. The summed E-state index contributed by atoms with van der Waals surface area (Å²) in [6, 6.07) is 25.9. The topological polar surface area (TPSA) is 254 Å². The van der Waals surface area contributed by atoms with E-state index in [0.717, 1.165) is 123 Å². The van der Waals surface area contributed by atoms with Crippen molar-refractivity contribution in [2.75, 3.05) is 84.9 Å². The van der Waals surface area contributed by atoms with Gasteiger partial charge in [0.2, 0.25) is 27.7 Å². The van der Waals surface area contributed by atoms with Crippen LogP contribution in [0.5, 0.6) is 0 Å². The maximum Gasteiger partial charge on any atom is 0.416 e. The number of carbonyl (C=O) groups excluding carboxylic acids is 4. The van der Waals surface area contributed by atoms with Crippen LogP contribution in [0, 0.1) is 23.0 Å². The first-order chi connectivity index (χ1) is 49.8. The summed E-state index contributed by atoms with van der Waals surface area (Å²) in [7, 11) is -3.17. The molecule has 5 aromatic heterocycles. The van der Waals surface area contributed by atoms with E-state index in [1.165, 1.54) is 63.8 Å². The van der Waals surface area contributed by atoms with Gasteiger partial charge in [-0.2, -0.15) is 22.7 Å². The number of urea groups is 1. The zero-order valence-electron chi connectivity index (χ0n) is 57.7. The van der Waals surface area contributed by atoms with Gasteiger partial charge in [-0.3, -0.25) is 14.4 Å². The minimum Gasteiger partial charge on any atom is -0.395 e. The number of aromatic nitrogens is 5. The molecule has 0 spiro atoms. The number of carbonyl (C=O) groups is 4. The van der Waals surface area contributed by atoms with Crippen molar-refractivity contribution in [1.82, 2.24) is 54.1 Å². The lowest BCUT2D eigenvalue weighted by atomic mass is 9.89. The van der Waals surface area contributed by atoms with Crippen LogP contribution in [-0.4, -0.2) is 171 Å². The van der Waals surface area contributed by atoms with Gasteiger partial charge in [-0.25, -0.2) is 22.0 Å². The predicted molar refractivity (Wildman–Crippen MR) is 399 cm³/mol. The maximum absolute atomic E-state index is 13.6. The number of piperidine rings is 1. The minimum atomic E-state index is -4.35. The van der Waals surface area contributed by atoms with Gasteiger partial charge in [-0.1, -0.05) is 65.7 Å². The van der Waals surface area contributed by atoms with E-state index in [1.807, 2.05) is 70.9 Å². The molecule has 10 aromatic rings. The highest BCUT2D eigenvalue weighted by Crippen LogP contribution is 2.39. The molecule has 1 saturated heterocycles. The Hall–Kier alpha value is -9.97. The first kappa shape index (κ1) is 75.2. The number of hydrogen-bond acceptors (Lipinski definition) is 8. The molecule has 19 nitrogen and oxygen atoms in total. The number of aromatic amines is 5. The SMILES string of the molecule is CC(=O)N1CC=C(c2c[nH]c3cc(Cl)c(F)cc23)CC1.CC(=O)N1CC=C(c2c[nH]c3ccc(C#N)cc23)CC1.CC(=O)N1CC=C(c2c[nH]c3ccc(C(F)(F)F)cc23)CC1.CS(=O)(=O)N1CC=C(c2c[nH]c3cc(Cl)c(F)cc23)CC1.O=C(NCCO)N1CCC(c2c[nH]c3ccccc23)CC1. The lowest BCUT2D eigenvalue weighted by molar-refractivity contribution is -0.137. The number of aliphatic hydroxyl groups is 1. The van der Waals surface area contributed by atoms with Crippen molar-refractivity contribution in [1.29, 1.82) is 5.26 Å². The maximum atomic E-state index is 13.6. The number of hydrogen-bond donors (Lipinski definition) is 7. The van der Waals surface area contributed by atoms with Crippen LogP contribution in [-0.2, 0) is 30.6 Å². The number of likely N-dealkylation sites (tertiary alicyclic amines) is 1. The Morgan fingerprint density at radius 3 is 1.39 bits per heavy atom. The number of H-pyrrole nitrogens is 5. The Balaban J connectivity index is 0.000000130. The molecule has 0 radical (unpaired) electrons. The summed E-state index contributed by atoms with van der Waals surface area (Å²) in [5, 5.41) is 25.2. The molecule has 0 saturated carbocycles. The third kappa shape index (κ3) is 17.6. The van der Waals surface area contributed by atoms with E-state index in [1.54, 1.807) is 42.0 Å². The molecule has 5 aliphatic heterocycles. The van der Waals surface area contributed by atoms with E-state index in [0.29, 0.717) is 87.6 Å². The monoisotopic (exact) mass is 1480 g/mol. The Labute approximate surface area is 607 Å². The molecule has 5 amide bonds. The number of halogens is 7. The van der Waals surface area contributed by atoms with Gasteiger partial charge in [0.1, 0.15) is 11.6 Å². The number of rotatable bonds is 8. The second kappa shape index (κ2) is 32.8. The van der Waals surface area contributed by atoms with Crippen molar-refractivity contribution in [3.05, 3.63) is 201 Å². The summed E-state index contributed by atoms with van der Waals surface area (Å²) in [6.07, 6.45) is 19.1. The molecular formula is C77H79Cl2F5N12O7S. The van der Waals surface area contributed by atoms with Gasteiger partial charge in [-0.05, 0) is 139 Å². The van der Waals surface area contributed by atoms with Crippen LogP contribution in [0.3, 0.4) is 0 Å². The lowest BCUT2D eigenvalue weighted by Crippen LogP contribution is -2.44. The number of amides is 5.